The van der Waals surface area contributed by atoms with E-state index in [0.717, 1.165) is 19.0 Å². The molecule has 1 aliphatic rings. The summed E-state index contributed by atoms with van der Waals surface area (Å²) in [4.78, 5) is 25.9. The van der Waals surface area contributed by atoms with Gasteiger partial charge in [0.1, 0.15) is 0 Å². The number of nitrogens with two attached hydrogens (primary N) is 1. The van der Waals surface area contributed by atoms with Gasteiger partial charge in [-0.05, 0) is 44.7 Å². The summed E-state index contributed by atoms with van der Waals surface area (Å²) in [7, 11) is 0. The van der Waals surface area contributed by atoms with Crippen molar-refractivity contribution in [2.75, 3.05) is 26.2 Å². The van der Waals surface area contributed by atoms with Gasteiger partial charge in [0.05, 0.1) is 12.6 Å². The number of nitrogens with zero attached hydrogens (tertiary/aromatic N) is 1. The van der Waals surface area contributed by atoms with Crippen LogP contribution in [-0.4, -0.2) is 55.0 Å². The maximum absolute atomic E-state index is 11.8. The molecular weight excluding hydrogens is 280 g/mol. The molecule has 6 heteroatoms. The van der Waals surface area contributed by atoms with Crippen LogP contribution in [0.1, 0.15) is 40.5 Å². The Morgan fingerprint density at radius 3 is 2.32 bits per heavy atom. The van der Waals surface area contributed by atoms with E-state index in [1.165, 1.54) is 12.8 Å². The van der Waals surface area contributed by atoms with Gasteiger partial charge in [0, 0.05) is 12.6 Å². The maximum atomic E-state index is 11.8. The van der Waals surface area contributed by atoms with E-state index in [9.17, 15) is 9.59 Å². The topological polar surface area (TPSA) is 87.5 Å². The molecule has 128 valence electrons. The molecule has 0 spiro atoms. The standard InChI is InChI=1S/C16H32N4O2/c1-11(2)15(17)16(22)19-10-14(21)18-9-13(4)20-7-5-12(3)6-8-20/h11-13,15H,5-10,17H2,1-4H3,(H,18,21)(H,19,22)/t13?,15-/m0/s1. The number of nitrogens with one attached hydrogen (secondary N) is 2. The summed E-state index contributed by atoms with van der Waals surface area (Å²) in [5.74, 6) is 0.424. The van der Waals surface area contributed by atoms with Crippen LogP contribution < -0.4 is 16.4 Å². The van der Waals surface area contributed by atoms with Gasteiger partial charge in [-0.2, -0.15) is 0 Å². The van der Waals surface area contributed by atoms with E-state index in [0.29, 0.717) is 12.6 Å². The predicted octanol–water partition coefficient (Wildman–Crippen LogP) is 0.323. The van der Waals surface area contributed by atoms with Crippen molar-refractivity contribution in [1.29, 1.82) is 0 Å². The Bertz CT molecular complexity index is 365. The van der Waals surface area contributed by atoms with Gasteiger partial charge in [-0.1, -0.05) is 20.8 Å². The van der Waals surface area contributed by atoms with Crippen molar-refractivity contribution in [2.45, 2.75) is 52.6 Å². The molecule has 0 aliphatic carbocycles. The Hall–Kier alpha value is -1.14. The molecule has 0 aromatic carbocycles. The molecule has 1 fully saturated rings. The van der Waals surface area contributed by atoms with Gasteiger partial charge in [0.25, 0.3) is 0 Å². The van der Waals surface area contributed by atoms with Crippen LogP contribution in [0.25, 0.3) is 0 Å². The Balaban J connectivity index is 2.21. The SMILES string of the molecule is CC1CCN(C(C)CNC(=O)CNC(=O)[C@@H](N)C(C)C)CC1. The zero-order chi connectivity index (χ0) is 16.7. The summed E-state index contributed by atoms with van der Waals surface area (Å²) < 4.78 is 0. The van der Waals surface area contributed by atoms with E-state index in [1.807, 2.05) is 13.8 Å². The van der Waals surface area contributed by atoms with E-state index < -0.39 is 6.04 Å². The Morgan fingerprint density at radius 1 is 1.18 bits per heavy atom. The van der Waals surface area contributed by atoms with Crippen LogP contribution in [0.4, 0.5) is 0 Å². The number of hydrogen-bond acceptors (Lipinski definition) is 4. The van der Waals surface area contributed by atoms with Crippen molar-refractivity contribution in [3.63, 3.8) is 0 Å². The van der Waals surface area contributed by atoms with Crippen molar-refractivity contribution in [1.82, 2.24) is 15.5 Å². The van der Waals surface area contributed by atoms with Crippen LogP contribution in [0.5, 0.6) is 0 Å². The Kier molecular flexibility index (Phi) is 7.82. The number of amides is 2. The third-order valence-electron chi connectivity index (χ3n) is 4.48. The van der Waals surface area contributed by atoms with E-state index in [2.05, 4.69) is 29.4 Å². The number of likely N-dealkylation sites (tertiary alicyclic amines) is 1. The molecule has 0 bridgehead atoms. The second kappa shape index (κ2) is 9.10. The molecule has 2 atom stereocenters. The molecule has 1 unspecified atom stereocenters. The molecular formula is C16H32N4O2. The van der Waals surface area contributed by atoms with E-state index >= 15 is 0 Å². The molecule has 1 saturated heterocycles. The Morgan fingerprint density at radius 2 is 1.77 bits per heavy atom. The minimum absolute atomic E-state index is 0.0109. The third-order valence-corrected chi connectivity index (χ3v) is 4.48. The highest BCUT2D eigenvalue weighted by atomic mass is 16.2. The molecule has 6 nitrogen and oxygen atoms in total. The predicted molar refractivity (Wildman–Crippen MR) is 88.3 cm³/mol. The zero-order valence-electron chi connectivity index (χ0n) is 14.4. The van der Waals surface area contributed by atoms with Crippen LogP contribution in [0, 0.1) is 11.8 Å². The van der Waals surface area contributed by atoms with Gasteiger partial charge in [0.15, 0.2) is 0 Å². The minimum atomic E-state index is -0.568. The highest BCUT2D eigenvalue weighted by Gasteiger charge is 2.21. The normalized spacial score (nSPS) is 19.7. The van der Waals surface area contributed by atoms with Crippen LogP contribution >= 0.6 is 0 Å². The number of piperidine rings is 1. The largest absolute Gasteiger partial charge is 0.353 e. The molecule has 1 heterocycles. The second-order valence-electron chi connectivity index (χ2n) is 6.86. The van der Waals surface area contributed by atoms with Crippen LogP contribution in [0.3, 0.4) is 0 Å². The van der Waals surface area contributed by atoms with Crippen molar-refractivity contribution in [3.8, 4) is 0 Å². The van der Waals surface area contributed by atoms with Gasteiger partial charge in [0.2, 0.25) is 11.8 Å². The summed E-state index contributed by atoms with van der Waals surface area (Å²) in [5, 5.41) is 5.46. The lowest BCUT2D eigenvalue weighted by atomic mass is 9.98. The van der Waals surface area contributed by atoms with Crippen molar-refractivity contribution in [2.24, 2.45) is 17.6 Å². The fourth-order valence-corrected chi connectivity index (χ4v) is 2.51. The summed E-state index contributed by atoms with van der Waals surface area (Å²) >= 11 is 0. The van der Waals surface area contributed by atoms with Crippen molar-refractivity contribution >= 4 is 11.8 Å². The minimum Gasteiger partial charge on any atom is -0.353 e. The number of hydrogen-bond donors (Lipinski definition) is 3. The molecule has 0 aromatic rings. The molecule has 1 aliphatic heterocycles. The molecule has 0 saturated carbocycles. The van der Waals surface area contributed by atoms with E-state index in [1.54, 1.807) is 0 Å². The summed E-state index contributed by atoms with van der Waals surface area (Å²) in [6.45, 7) is 11.0. The summed E-state index contributed by atoms with van der Waals surface area (Å²) in [6, 6.07) is -0.243. The van der Waals surface area contributed by atoms with Crippen molar-refractivity contribution < 1.29 is 9.59 Å². The monoisotopic (exact) mass is 312 g/mol. The van der Waals surface area contributed by atoms with Crippen molar-refractivity contribution in [3.05, 3.63) is 0 Å². The first-order chi connectivity index (χ1) is 10.3. The summed E-state index contributed by atoms with van der Waals surface area (Å²) in [5.41, 5.74) is 5.73. The van der Waals surface area contributed by atoms with E-state index in [4.69, 9.17) is 5.73 Å². The Labute approximate surface area is 134 Å². The van der Waals surface area contributed by atoms with Crippen LogP contribution in [0.15, 0.2) is 0 Å². The number of rotatable bonds is 7. The zero-order valence-corrected chi connectivity index (χ0v) is 14.4. The van der Waals surface area contributed by atoms with Gasteiger partial charge in [-0.15, -0.1) is 0 Å². The fourth-order valence-electron chi connectivity index (χ4n) is 2.51. The van der Waals surface area contributed by atoms with Gasteiger partial charge < -0.3 is 16.4 Å². The summed E-state index contributed by atoms with van der Waals surface area (Å²) in [6.07, 6.45) is 2.45. The molecule has 0 aromatic heterocycles. The molecule has 2 amide bonds. The average Bonchev–Trinajstić information content (AvgIpc) is 2.49. The van der Waals surface area contributed by atoms with Crippen LogP contribution in [0.2, 0.25) is 0 Å². The quantitative estimate of drug-likeness (QED) is 0.632. The van der Waals surface area contributed by atoms with Gasteiger partial charge in [-0.25, -0.2) is 0 Å². The molecule has 1 rings (SSSR count). The smallest absolute Gasteiger partial charge is 0.239 e. The van der Waals surface area contributed by atoms with Gasteiger partial charge >= 0.3 is 0 Å². The lowest BCUT2D eigenvalue weighted by Crippen LogP contribution is -2.49. The maximum Gasteiger partial charge on any atom is 0.239 e. The highest BCUT2D eigenvalue weighted by molar-refractivity contribution is 5.87. The molecule has 0 radical (unpaired) electrons. The lowest BCUT2D eigenvalue weighted by molar-refractivity contribution is -0.127. The van der Waals surface area contributed by atoms with E-state index in [-0.39, 0.29) is 24.3 Å². The number of carbonyl (C=O) groups is 2. The number of carbonyl (C=O) groups excluding carboxylic acids is 2. The lowest BCUT2D eigenvalue weighted by Gasteiger charge is -2.35. The molecule has 4 N–H and O–H groups in total. The first kappa shape index (κ1) is 18.9. The fraction of sp³-hybridized carbons (Fsp3) is 0.875. The second-order valence-corrected chi connectivity index (χ2v) is 6.86. The highest BCUT2D eigenvalue weighted by Crippen LogP contribution is 2.17. The van der Waals surface area contributed by atoms with Gasteiger partial charge in [-0.3, -0.25) is 14.5 Å². The first-order valence-corrected chi connectivity index (χ1v) is 8.35. The van der Waals surface area contributed by atoms with Crippen LogP contribution in [-0.2, 0) is 9.59 Å². The first-order valence-electron chi connectivity index (χ1n) is 8.35. The molecule has 22 heavy (non-hydrogen) atoms. The third kappa shape index (κ3) is 6.32. The average molecular weight is 312 g/mol.